The summed E-state index contributed by atoms with van der Waals surface area (Å²) in [6.45, 7) is 3.64. The van der Waals surface area contributed by atoms with Gasteiger partial charge in [0.15, 0.2) is 11.5 Å². The number of benzene rings is 1. The van der Waals surface area contributed by atoms with E-state index in [2.05, 4.69) is 15.9 Å². The highest BCUT2D eigenvalue weighted by Crippen LogP contribution is 2.33. The van der Waals surface area contributed by atoms with Gasteiger partial charge in [-0.1, -0.05) is 15.9 Å². The van der Waals surface area contributed by atoms with Gasteiger partial charge < -0.3 is 14.2 Å². The molecule has 0 bridgehead atoms. The van der Waals surface area contributed by atoms with Crippen LogP contribution in [0.25, 0.3) is 0 Å². The summed E-state index contributed by atoms with van der Waals surface area (Å²) >= 11 is 3.40. The van der Waals surface area contributed by atoms with Crippen molar-refractivity contribution in [2.45, 2.75) is 26.4 Å². The highest BCUT2D eigenvalue weighted by atomic mass is 79.9. The van der Waals surface area contributed by atoms with Gasteiger partial charge in [0.25, 0.3) is 0 Å². The van der Waals surface area contributed by atoms with Gasteiger partial charge in [0.1, 0.15) is 0 Å². The third kappa shape index (κ3) is 3.91. The van der Waals surface area contributed by atoms with Gasteiger partial charge in [0, 0.05) is 4.47 Å². The summed E-state index contributed by atoms with van der Waals surface area (Å²) in [5.74, 6) is 0.941. The van der Waals surface area contributed by atoms with Crippen LogP contribution in [0, 0.1) is 0 Å². The Hall–Kier alpha value is -1.23. The van der Waals surface area contributed by atoms with Crippen LogP contribution in [0.5, 0.6) is 11.5 Å². The number of ether oxygens (including phenoxy) is 3. The molecule has 0 saturated carbocycles. The second kappa shape index (κ2) is 6.64. The van der Waals surface area contributed by atoms with Crippen LogP contribution in [0.1, 0.15) is 19.4 Å². The Morgan fingerprint density at radius 3 is 2.28 bits per heavy atom. The van der Waals surface area contributed by atoms with Gasteiger partial charge in [-0.05, 0) is 31.5 Å². The van der Waals surface area contributed by atoms with Crippen LogP contribution in [0.2, 0.25) is 0 Å². The molecule has 1 aromatic carbocycles. The highest BCUT2D eigenvalue weighted by molar-refractivity contribution is 9.10. The fourth-order valence-corrected chi connectivity index (χ4v) is 1.95. The summed E-state index contributed by atoms with van der Waals surface area (Å²) in [5, 5.41) is 0. The molecule has 100 valence electrons. The van der Waals surface area contributed by atoms with Gasteiger partial charge in [0.2, 0.25) is 0 Å². The minimum absolute atomic E-state index is 0.114. The zero-order valence-corrected chi connectivity index (χ0v) is 12.5. The first-order chi connectivity index (χ1) is 8.47. The van der Waals surface area contributed by atoms with Crippen molar-refractivity contribution in [1.29, 1.82) is 0 Å². The maximum Gasteiger partial charge on any atom is 0.310 e. The predicted molar refractivity (Wildman–Crippen MR) is 72.2 cm³/mol. The molecular formula is C13H17BrO4. The Kier molecular flexibility index (Phi) is 5.47. The minimum Gasteiger partial charge on any atom is -0.493 e. The minimum atomic E-state index is -0.266. The Labute approximate surface area is 115 Å². The maximum absolute atomic E-state index is 11.6. The predicted octanol–water partition coefficient (Wildman–Crippen LogP) is 2.96. The Balaban J connectivity index is 2.92. The highest BCUT2D eigenvalue weighted by Gasteiger charge is 2.14. The molecule has 0 aliphatic heterocycles. The number of halogens is 1. The van der Waals surface area contributed by atoms with Crippen LogP contribution in [0.4, 0.5) is 0 Å². The molecule has 1 aromatic rings. The third-order valence-corrected chi connectivity index (χ3v) is 2.99. The molecule has 0 amide bonds. The van der Waals surface area contributed by atoms with E-state index in [-0.39, 0.29) is 18.5 Å². The number of carbonyl (C=O) groups is 1. The smallest absolute Gasteiger partial charge is 0.310 e. The quantitative estimate of drug-likeness (QED) is 0.783. The van der Waals surface area contributed by atoms with E-state index in [1.54, 1.807) is 26.4 Å². The van der Waals surface area contributed by atoms with Crippen molar-refractivity contribution in [3.63, 3.8) is 0 Å². The summed E-state index contributed by atoms with van der Waals surface area (Å²) < 4.78 is 16.3. The topological polar surface area (TPSA) is 44.8 Å². The molecule has 0 radical (unpaired) electrons. The lowest BCUT2D eigenvalue weighted by Gasteiger charge is -2.12. The van der Waals surface area contributed by atoms with E-state index in [9.17, 15) is 4.79 Å². The second-order valence-corrected chi connectivity index (χ2v) is 4.87. The van der Waals surface area contributed by atoms with Crippen LogP contribution in [-0.4, -0.2) is 26.3 Å². The van der Waals surface area contributed by atoms with Gasteiger partial charge in [0.05, 0.1) is 26.7 Å². The van der Waals surface area contributed by atoms with Crippen LogP contribution in [0.3, 0.4) is 0 Å². The zero-order chi connectivity index (χ0) is 13.7. The van der Waals surface area contributed by atoms with Crippen molar-refractivity contribution < 1.29 is 19.0 Å². The molecule has 0 heterocycles. The molecular weight excluding hydrogens is 300 g/mol. The van der Waals surface area contributed by atoms with Crippen molar-refractivity contribution in [1.82, 2.24) is 0 Å². The fourth-order valence-electron chi connectivity index (χ4n) is 1.49. The number of methoxy groups -OCH3 is 2. The van der Waals surface area contributed by atoms with Crippen molar-refractivity contribution >= 4 is 21.9 Å². The molecule has 5 heteroatoms. The van der Waals surface area contributed by atoms with Crippen LogP contribution >= 0.6 is 15.9 Å². The van der Waals surface area contributed by atoms with Crippen molar-refractivity contribution in [3.05, 3.63) is 22.2 Å². The molecule has 0 saturated heterocycles. The number of carbonyl (C=O) groups excluding carboxylic acids is 1. The molecule has 0 aromatic heterocycles. The zero-order valence-electron chi connectivity index (χ0n) is 11.0. The molecule has 0 aliphatic carbocycles. The number of hydrogen-bond donors (Lipinski definition) is 0. The van der Waals surface area contributed by atoms with Gasteiger partial charge >= 0.3 is 5.97 Å². The van der Waals surface area contributed by atoms with Crippen LogP contribution in [-0.2, 0) is 16.0 Å². The lowest BCUT2D eigenvalue weighted by molar-refractivity contribution is -0.146. The molecule has 0 fully saturated rings. The average Bonchev–Trinajstić information content (AvgIpc) is 2.30. The first kappa shape index (κ1) is 14.8. The first-order valence-electron chi connectivity index (χ1n) is 5.57. The van der Waals surface area contributed by atoms with E-state index >= 15 is 0 Å². The van der Waals surface area contributed by atoms with E-state index in [1.165, 1.54) is 0 Å². The van der Waals surface area contributed by atoms with Crippen LogP contribution < -0.4 is 9.47 Å². The lowest BCUT2D eigenvalue weighted by Crippen LogP contribution is -2.14. The summed E-state index contributed by atoms with van der Waals surface area (Å²) in [6.07, 6.45) is 0.0791. The normalized spacial score (nSPS) is 10.3. The van der Waals surface area contributed by atoms with Gasteiger partial charge in [-0.3, -0.25) is 4.79 Å². The Bertz CT molecular complexity index is 429. The molecule has 0 atom stereocenters. The van der Waals surface area contributed by atoms with Crippen molar-refractivity contribution in [2.24, 2.45) is 0 Å². The van der Waals surface area contributed by atoms with E-state index in [0.717, 1.165) is 10.0 Å². The number of esters is 1. The van der Waals surface area contributed by atoms with Gasteiger partial charge in [-0.2, -0.15) is 0 Å². The summed E-state index contributed by atoms with van der Waals surface area (Å²) in [4.78, 5) is 11.6. The average molecular weight is 317 g/mol. The first-order valence-corrected chi connectivity index (χ1v) is 6.37. The maximum atomic E-state index is 11.6. The Morgan fingerprint density at radius 1 is 1.22 bits per heavy atom. The van der Waals surface area contributed by atoms with Crippen LogP contribution in [0.15, 0.2) is 16.6 Å². The molecule has 1 rings (SSSR count). The molecule has 0 unspecified atom stereocenters. The van der Waals surface area contributed by atoms with E-state index < -0.39 is 0 Å². The number of rotatable bonds is 5. The van der Waals surface area contributed by atoms with E-state index in [0.29, 0.717) is 11.5 Å². The summed E-state index contributed by atoms with van der Waals surface area (Å²) in [6, 6.07) is 3.54. The molecule has 0 aliphatic rings. The molecule has 18 heavy (non-hydrogen) atoms. The molecule has 0 N–H and O–H groups in total. The lowest BCUT2D eigenvalue weighted by atomic mass is 10.1. The fraction of sp³-hybridized carbons (Fsp3) is 0.462. The standard InChI is InChI=1S/C13H17BrO4/c1-8(2)18-13(15)6-9-5-11(16-3)12(17-4)7-10(9)14/h5,7-8H,6H2,1-4H3. The second-order valence-electron chi connectivity index (χ2n) is 4.01. The number of hydrogen-bond acceptors (Lipinski definition) is 4. The summed E-state index contributed by atoms with van der Waals surface area (Å²) in [5.41, 5.74) is 0.804. The third-order valence-electron chi connectivity index (χ3n) is 2.25. The van der Waals surface area contributed by atoms with E-state index in [1.807, 2.05) is 13.8 Å². The summed E-state index contributed by atoms with van der Waals surface area (Å²) in [7, 11) is 3.12. The SMILES string of the molecule is COc1cc(Br)c(CC(=O)OC(C)C)cc1OC. The van der Waals surface area contributed by atoms with Gasteiger partial charge in [-0.15, -0.1) is 0 Å². The van der Waals surface area contributed by atoms with Crippen molar-refractivity contribution in [3.8, 4) is 11.5 Å². The Morgan fingerprint density at radius 2 is 1.78 bits per heavy atom. The molecule has 0 spiro atoms. The van der Waals surface area contributed by atoms with E-state index in [4.69, 9.17) is 14.2 Å². The van der Waals surface area contributed by atoms with Crippen molar-refractivity contribution in [2.75, 3.05) is 14.2 Å². The monoisotopic (exact) mass is 316 g/mol. The van der Waals surface area contributed by atoms with Gasteiger partial charge in [-0.25, -0.2) is 0 Å². The molecule has 4 nitrogen and oxygen atoms in total. The largest absolute Gasteiger partial charge is 0.493 e.